The summed E-state index contributed by atoms with van der Waals surface area (Å²) in [5.74, 6) is 0.169. The van der Waals surface area contributed by atoms with Crippen LogP contribution in [0, 0.1) is 11.3 Å². The standard InChI is InChI=1S/C11H15N3O/c1-11(2)5-7(11)10(15)14-9-3-4-13-6-8(9)12/h3-4,6-7H,5,12H2,1-2H3,(H,13,14,15). The minimum Gasteiger partial charge on any atom is -0.396 e. The van der Waals surface area contributed by atoms with E-state index in [1.807, 2.05) is 0 Å². The first-order chi connectivity index (χ1) is 7.00. The summed E-state index contributed by atoms with van der Waals surface area (Å²) in [6.45, 7) is 4.18. The zero-order valence-electron chi connectivity index (χ0n) is 8.95. The van der Waals surface area contributed by atoms with Crippen LogP contribution in [0.1, 0.15) is 20.3 Å². The molecule has 1 saturated carbocycles. The maximum absolute atomic E-state index is 11.8. The van der Waals surface area contributed by atoms with Gasteiger partial charge in [-0.3, -0.25) is 9.78 Å². The molecule has 1 fully saturated rings. The lowest BCUT2D eigenvalue weighted by Crippen LogP contribution is -2.17. The predicted octanol–water partition coefficient (Wildman–Crippen LogP) is 1.65. The molecule has 0 bridgehead atoms. The molecule has 0 radical (unpaired) electrons. The lowest BCUT2D eigenvalue weighted by molar-refractivity contribution is -0.117. The van der Waals surface area contributed by atoms with Gasteiger partial charge in [0.05, 0.1) is 17.6 Å². The van der Waals surface area contributed by atoms with Gasteiger partial charge in [-0.05, 0) is 17.9 Å². The molecule has 4 nitrogen and oxygen atoms in total. The van der Waals surface area contributed by atoms with E-state index in [9.17, 15) is 4.79 Å². The molecule has 0 spiro atoms. The van der Waals surface area contributed by atoms with Crippen molar-refractivity contribution in [3.63, 3.8) is 0 Å². The number of hydrogen-bond acceptors (Lipinski definition) is 3. The maximum atomic E-state index is 11.8. The summed E-state index contributed by atoms with van der Waals surface area (Å²) < 4.78 is 0. The fraction of sp³-hybridized carbons (Fsp3) is 0.455. The lowest BCUT2D eigenvalue weighted by atomic mass is 10.1. The molecular formula is C11H15N3O. The van der Waals surface area contributed by atoms with Gasteiger partial charge in [0.25, 0.3) is 0 Å². The Hall–Kier alpha value is -1.58. The van der Waals surface area contributed by atoms with Gasteiger partial charge in [0.15, 0.2) is 0 Å². The van der Waals surface area contributed by atoms with Gasteiger partial charge in [-0.25, -0.2) is 0 Å². The van der Waals surface area contributed by atoms with Crippen LogP contribution in [-0.4, -0.2) is 10.9 Å². The van der Waals surface area contributed by atoms with Crippen molar-refractivity contribution in [1.82, 2.24) is 4.98 Å². The SMILES string of the molecule is CC1(C)CC1C(=O)Nc1ccncc1N. The van der Waals surface area contributed by atoms with E-state index in [1.165, 1.54) is 6.20 Å². The zero-order valence-corrected chi connectivity index (χ0v) is 8.95. The fourth-order valence-electron chi connectivity index (χ4n) is 1.66. The summed E-state index contributed by atoms with van der Waals surface area (Å²) in [5.41, 5.74) is 6.98. The summed E-state index contributed by atoms with van der Waals surface area (Å²) >= 11 is 0. The molecule has 1 amide bonds. The molecule has 1 atom stereocenters. The Bertz CT molecular complexity index is 401. The third kappa shape index (κ3) is 1.93. The average Bonchev–Trinajstić information content (AvgIpc) is 2.79. The number of rotatable bonds is 2. The zero-order chi connectivity index (χ0) is 11.1. The molecule has 0 aliphatic heterocycles. The monoisotopic (exact) mass is 205 g/mol. The molecule has 1 unspecified atom stereocenters. The van der Waals surface area contributed by atoms with Crippen molar-refractivity contribution < 1.29 is 4.79 Å². The number of nitrogens with zero attached hydrogens (tertiary/aromatic N) is 1. The number of nitrogen functional groups attached to an aromatic ring is 1. The molecule has 0 aromatic carbocycles. The number of anilines is 2. The first kappa shape index (κ1) is 9.96. The number of carbonyl (C=O) groups excluding carboxylic acids is 1. The number of nitrogens with one attached hydrogen (secondary N) is 1. The van der Waals surface area contributed by atoms with Crippen molar-refractivity contribution in [1.29, 1.82) is 0 Å². The second kappa shape index (κ2) is 3.22. The Labute approximate surface area is 88.9 Å². The van der Waals surface area contributed by atoms with Gasteiger partial charge in [0, 0.05) is 12.1 Å². The van der Waals surface area contributed by atoms with E-state index >= 15 is 0 Å². The summed E-state index contributed by atoms with van der Waals surface area (Å²) in [6, 6.07) is 1.71. The van der Waals surface area contributed by atoms with Crippen LogP contribution in [0.5, 0.6) is 0 Å². The largest absolute Gasteiger partial charge is 0.396 e. The van der Waals surface area contributed by atoms with Gasteiger partial charge in [0.2, 0.25) is 5.91 Å². The maximum Gasteiger partial charge on any atom is 0.228 e. The number of amides is 1. The van der Waals surface area contributed by atoms with Crippen molar-refractivity contribution in [2.75, 3.05) is 11.1 Å². The third-order valence-electron chi connectivity index (χ3n) is 2.94. The minimum absolute atomic E-state index is 0.0536. The summed E-state index contributed by atoms with van der Waals surface area (Å²) in [7, 11) is 0. The van der Waals surface area contributed by atoms with E-state index in [2.05, 4.69) is 24.1 Å². The number of carbonyl (C=O) groups is 1. The van der Waals surface area contributed by atoms with E-state index < -0.39 is 0 Å². The van der Waals surface area contributed by atoms with Gasteiger partial charge in [-0.1, -0.05) is 13.8 Å². The van der Waals surface area contributed by atoms with Crippen LogP contribution in [0.25, 0.3) is 0 Å². The summed E-state index contributed by atoms with van der Waals surface area (Å²) in [6.07, 6.45) is 4.10. The van der Waals surface area contributed by atoms with Crippen molar-refractivity contribution in [2.45, 2.75) is 20.3 Å². The molecular weight excluding hydrogens is 190 g/mol. The molecule has 4 heteroatoms. The van der Waals surface area contributed by atoms with Crippen molar-refractivity contribution >= 4 is 17.3 Å². The molecule has 2 rings (SSSR count). The van der Waals surface area contributed by atoms with E-state index in [0.717, 1.165) is 6.42 Å². The Morgan fingerprint density at radius 2 is 2.33 bits per heavy atom. The molecule has 80 valence electrons. The highest BCUT2D eigenvalue weighted by Crippen LogP contribution is 2.52. The van der Waals surface area contributed by atoms with E-state index in [4.69, 9.17) is 5.73 Å². The molecule has 1 aliphatic rings. The van der Waals surface area contributed by atoms with E-state index in [1.54, 1.807) is 12.3 Å². The number of pyridine rings is 1. The molecule has 3 N–H and O–H groups in total. The molecule has 0 saturated heterocycles. The minimum atomic E-state index is 0.0536. The van der Waals surface area contributed by atoms with E-state index in [0.29, 0.717) is 11.4 Å². The lowest BCUT2D eigenvalue weighted by Gasteiger charge is -2.08. The van der Waals surface area contributed by atoms with Crippen molar-refractivity contribution in [2.24, 2.45) is 11.3 Å². The van der Waals surface area contributed by atoms with Crippen LogP contribution in [-0.2, 0) is 4.79 Å². The van der Waals surface area contributed by atoms with Gasteiger partial charge in [-0.15, -0.1) is 0 Å². The second-order valence-corrected chi connectivity index (χ2v) is 4.70. The van der Waals surface area contributed by atoms with Crippen LogP contribution in [0.15, 0.2) is 18.5 Å². The molecule has 1 aromatic rings. The highest BCUT2D eigenvalue weighted by molar-refractivity contribution is 5.97. The van der Waals surface area contributed by atoms with Crippen molar-refractivity contribution in [3.05, 3.63) is 18.5 Å². The van der Waals surface area contributed by atoms with Crippen LogP contribution in [0.4, 0.5) is 11.4 Å². The normalized spacial score (nSPS) is 22.1. The van der Waals surface area contributed by atoms with Crippen LogP contribution in [0.2, 0.25) is 0 Å². The number of aromatic nitrogens is 1. The Kier molecular flexibility index (Phi) is 2.14. The second-order valence-electron chi connectivity index (χ2n) is 4.70. The van der Waals surface area contributed by atoms with Crippen LogP contribution in [0.3, 0.4) is 0 Å². The van der Waals surface area contributed by atoms with Gasteiger partial charge >= 0.3 is 0 Å². The molecule has 1 aromatic heterocycles. The third-order valence-corrected chi connectivity index (χ3v) is 2.94. The first-order valence-electron chi connectivity index (χ1n) is 5.01. The van der Waals surface area contributed by atoms with Crippen molar-refractivity contribution in [3.8, 4) is 0 Å². The number of hydrogen-bond donors (Lipinski definition) is 2. The van der Waals surface area contributed by atoms with Crippen LogP contribution < -0.4 is 11.1 Å². The summed E-state index contributed by atoms with van der Waals surface area (Å²) in [4.78, 5) is 15.6. The topological polar surface area (TPSA) is 68.0 Å². The smallest absolute Gasteiger partial charge is 0.228 e. The van der Waals surface area contributed by atoms with Gasteiger partial charge < -0.3 is 11.1 Å². The fourth-order valence-corrected chi connectivity index (χ4v) is 1.66. The highest BCUT2D eigenvalue weighted by atomic mass is 16.2. The highest BCUT2D eigenvalue weighted by Gasteiger charge is 2.50. The average molecular weight is 205 g/mol. The van der Waals surface area contributed by atoms with E-state index in [-0.39, 0.29) is 17.2 Å². The Morgan fingerprint density at radius 3 is 2.87 bits per heavy atom. The molecule has 15 heavy (non-hydrogen) atoms. The summed E-state index contributed by atoms with van der Waals surface area (Å²) in [5, 5.41) is 2.82. The predicted molar refractivity (Wildman–Crippen MR) is 59.2 cm³/mol. The quantitative estimate of drug-likeness (QED) is 0.771. The molecule has 1 heterocycles. The van der Waals surface area contributed by atoms with Gasteiger partial charge in [0.1, 0.15) is 0 Å². The van der Waals surface area contributed by atoms with Gasteiger partial charge in [-0.2, -0.15) is 0 Å². The molecule has 1 aliphatic carbocycles. The Morgan fingerprint density at radius 1 is 1.67 bits per heavy atom. The Balaban J connectivity index is 2.05. The number of nitrogens with two attached hydrogens (primary N) is 1. The van der Waals surface area contributed by atoms with Crippen LogP contribution >= 0.6 is 0 Å². The first-order valence-corrected chi connectivity index (χ1v) is 5.01.